The maximum Gasteiger partial charge on any atom is 0.230 e. The summed E-state index contributed by atoms with van der Waals surface area (Å²) in [5.74, 6) is 0.536. The van der Waals surface area contributed by atoms with Crippen LogP contribution in [0.4, 0.5) is 0 Å². The largest absolute Gasteiger partial charge is 0.437 e. The summed E-state index contributed by atoms with van der Waals surface area (Å²) in [5.41, 5.74) is 5.93. The number of nitrogens with two attached hydrogens (primary N) is 1. The molecule has 1 heterocycles. The van der Waals surface area contributed by atoms with Crippen LogP contribution in [-0.2, 0) is 0 Å². The number of hydrogen-bond acceptors (Lipinski definition) is 4. The summed E-state index contributed by atoms with van der Waals surface area (Å²) >= 11 is 9.35. The minimum Gasteiger partial charge on any atom is -0.437 e. The fourth-order valence-electron chi connectivity index (χ4n) is 1.38. The van der Waals surface area contributed by atoms with E-state index in [0.29, 0.717) is 16.3 Å². The molecule has 0 saturated carbocycles. The summed E-state index contributed by atoms with van der Waals surface area (Å²) in [4.78, 5) is 4.05. The Kier molecular flexibility index (Phi) is 4.24. The van der Waals surface area contributed by atoms with Gasteiger partial charge in [0.25, 0.3) is 0 Å². The van der Waals surface area contributed by atoms with Gasteiger partial charge >= 0.3 is 0 Å². The van der Waals surface area contributed by atoms with E-state index in [0.717, 1.165) is 4.47 Å². The molecule has 0 aliphatic rings. The Labute approximate surface area is 122 Å². The van der Waals surface area contributed by atoms with Crippen LogP contribution in [0.5, 0.6) is 11.6 Å². The van der Waals surface area contributed by atoms with Crippen molar-refractivity contribution in [1.82, 2.24) is 4.98 Å². The summed E-state index contributed by atoms with van der Waals surface area (Å²) in [7, 11) is 0. The molecule has 0 amide bonds. The minimum absolute atomic E-state index is 0.0887. The molecule has 1 aromatic heterocycles. The molecule has 3 N–H and O–H groups in total. The zero-order valence-electron chi connectivity index (χ0n) is 9.55. The monoisotopic (exact) mass is 341 g/mol. The maximum absolute atomic E-state index is 8.72. The second-order valence-corrected chi connectivity index (χ2v) is 4.84. The van der Waals surface area contributed by atoms with Gasteiger partial charge < -0.3 is 15.7 Å². The number of rotatable bonds is 3. The lowest BCUT2D eigenvalue weighted by Gasteiger charge is -2.10. The summed E-state index contributed by atoms with van der Waals surface area (Å²) in [6.07, 6.45) is 1.54. The number of oxime groups is 1. The Morgan fingerprint density at radius 2 is 2.21 bits per heavy atom. The second kappa shape index (κ2) is 5.90. The second-order valence-electron chi connectivity index (χ2n) is 3.52. The molecule has 0 bridgehead atoms. The van der Waals surface area contributed by atoms with Crippen LogP contribution in [0.25, 0.3) is 0 Å². The first kappa shape index (κ1) is 13.6. The van der Waals surface area contributed by atoms with Crippen LogP contribution >= 0.6 is 27.5 Å². The van der Waals surface area contributed by atoms with Crippen molar-refractivity contribution >= 4 is 33.4 Å². The Balaban J connectivity index is 2.41. The third-order valence-electron chi connectivity index (χ3n) is 2.25. The predicted molar refractivity (Wildman–Crippen MR) is 76.0 cm³/mol. The minimum atomic E-state index is -0.0887. The van der Waals surface area contributed by atoms with Crippen molar-refractivity contribution in [2.24, 2.45) is 10.9 Å². The van der Waals surface area contributed by atoms with Crippen molar-refractivity contribution in [2.45, 2.75) is 0 Å². The van der Waals surface area contributed by atoms with Gasteiger partial charge in [-0.3, -0.25) is 0 Å². The van der Waals surface area contributed by atoms with Crippen LogP contribution in [-0.4, -0.2) is 16.0 Å². The summed E-state index contributed by atoms with van der Waals surface area (Å²) in [6.45, 7) is 0. The highest BCUT2D eigenvalue weighted by Gasteiger charge is 2.12. The highest BCUT2D eigenvalue weighted by molar-refractivity contribution is 9.10. The fraction of sp³-hybridized carbons (Fsp3) is 0. The van der Waals surface area contributed by atoms with Gasteiger partial charge in [0.1, 0.15) is 5.75 Å². The molecule has 0 fully saturated rings. The van der Waals surface area contributed by atoms with Crippen LogP contribution in [0.15, 0.2) is 46.2 Å². The molecule has 2 aromatic rings. The van der Waals surface area contributed by atoms with Gasteiger partial charge in [0.15, 0.2) is 5.84 Å². The summed E-state index contributed by atoms with van der Waals surface area (Å²) in [6, 6.07) is 8.46. The lowest BCUT2D eigenvalue weighted by Crippen LogP contribution is -2.14. The molecule has 0 aliphatic heterocycles. The van der Waals surface area contributed by atoms with E-state index < -0.39 is 0 Å². The molecule has 0 spiro atoms. The van der Waals surface area contributed by atoms with Gasteiger partial charge in [-0.25, -0.2) is 4.98 Å². The number of hydrogen-bond donors (Lipinski definition) is 2. The van der Waals surface area contributed by atoms with E-state index in [4.69, 9.17) is 27.3 Å². The number of benzene rings is 1. The Morgan fingerprint density at radius 1 is 1.42 bits per heavy atom. The first-order valence-corrected chi connectivity index (χ1v) is 6.34. The number of ether oxygens (including phenoxy) is 1. The molecule has 0 radical (unpaired) electrons. The molecule has 0 saturated heterocycles. The average molecular weight is 343 g/mol. The van der Waals surface area contributed by atoms with Crippen molar-refractivity contribution in [3.8, 4) is 11.6 Å². The van der Waals surface area contributed by atoms with Crippen LogP contribution in [0, 0.1) is 0 Å². The van der Waals surface area contributed by atoms with Crippen molar-refractivity contribution in [3.05, 3.63) is 51.6 Å². The molecule has 0 unspecified atom stereocenters. The van der Waals surface area contributed by atoms with E-state index >= 15 is 0 Å². The third kappa shape index (κ3) is 3.15. The predicted octanol–water partition coefficient (Wildman–Crippen LogP) is 3.38. The number of nitrogens with zero attached hydrogens (tertiary/aromatic N) is 2. The van der Waals surface area contributed by atoms with Gasteiger partial charge in [-0.05, 0) is 30.3 Å². The molecule has 1 aromatic carbocycles. The molecule has 7 heteroatoms. The van der Waals surface area contributed by atoms with Gasteiger partial charge in [0.2, 0.25) is 5.88 Å². The quantitative estimate of drug-likeness (QED) is 0.388. The SMILES string of the molecule is NC(=NO)c1cccnc1Oc1cc(Br)ccc1Cl. The number of halogens is 2. The normalized spacial score (nSPS) is 11.4. The smallest absolute Gasteiger partial charge is 0.230 e. The number of pyridine rings is 1. The van der Waals surface area contributed by atoms with E-state index in [1.807, 2.05) is 0 Å². The molecule has 0 aliphatic carbocycles. The van der Waals surface area contributed by atoms with Gasteiger partial charge in [-0.1, -0.05) is 32.7 Å². The van der Waals surface area contributed by atoms with Gasteiger partial charge in [0, 0.05) is 10.7 Å². The van der Waals surface area contributed by atoms with Crippen LogP contribution in [0.3, 0.4) is 0 Å². The number of aromatic nitrogens is 1. The molecule has 2 rings (SSSR count). The van der Waals surface area contributed by atoms with E-state index in [1.165, 1.54) is 6.20 Å². The Morgan fingerprint density at radius 3 is 2.95 bits per heavy atom. The lowest BCUT2D eigenvalue weighted by molar-refractivity contribution is 0.318. The topological polar surface area (TPSA) is 80.7 Å². The standard InChI is InChI=1S/C12H9BrClN3O2/c13-7-3-4-9(14)10(6-7)19-12-8(11(15)17-18)2-1-5-16-12/h1-6,18H,(H2,15,17). The molecule has 5 nitrogen and oxygen atoms in total. The van der Waals surface area contributed by atoms with Gasteiger partial charge in [0.05, 0.1) is 10.6 Å². The van der Waals surface area contributed by atoms with Crippen LogP contribution in [0.2, 0.25) is 5.02 Å². The van der Waals surface area contributed by atoms with Crippen molar-refractivity contribution < 1.29 is 9.94 Å². The Hall–Kier alpha value is -1.79. The van der Waals surface area contributed by atoms with E-state index in [9.17, 15) is 0 Å². The molecule has 98 valence electrons. The zero-order valence-corrected chi connectivity index (χ0v) is 11.9. The molecular formula is C12H9BrClN3O2. The van der Waals surface area contributed by atoms with E-state index in [-0.39, 0.29) is 11.7 Å². The van der Waals surface area contributed by atoms with Crippen LogP contribution in [0.1, 0.15) is 5.56 Å². The third-order valence-corrected chi connectivity index (χ3v) is 3.06. The first-order valence-electron chi connectivity index (χ1n) is 5.17. The van der Waals surface area contributed by atoms with E-state index in [1.54, 1.807) is 30.3 Å². The molecule has 19 heavy (non-hydrogen) atoms. The number of amidine groups is 1. The lowest BCUT2D eigenvalue weighted by atomic mass is 10.2. The zero-order chi connectivity index (χ0) is 13.8. The van der Waals surface area contributed by atoms with E-state index in [2.05, 4.69) is 26.1 Å². The van der Waals surface area contributed by atoms with Gasteiger partial charge in [-0.15, -0.1) is 0 Å². The highest BCUT2D eigenvalue weighted by atomic mass is 79.9. The average Bonchev–Trinajstić information content (AvgIpc) is 2.42. The molecular weight excluding hydrogens is 334 g/mol. The summed E-state index contributed by atoms with van der Waals surface area (Å²) in [5, 5.41) is 12.1. The Bertz CT molecular complexity index is 634. The molecule has 0 atom stereocenters. The fourth-order valence-corrected chi connectivity index (χ4v) is 1.88. The summed E-state index contributed by atoms with van der Waals surface area (Å²) < 4.78 is 6.41. The first-order chi connectivity index (χ1) is 9.11. The van der Waals surface area contributed by atoms with Crippen molar-refractivity contribution in [3.63, 3.8) is 0 Å². The van der Waals surface area contributed by atoms with Crippen molar-refractivity contribution in [2.75, 3.05) is 0 Å². The highest BCUT2D eigenvalue weighted by Crippen LogP contribution is 2.32. The van der Waals surface area contributed by atoms with Gasteiger partial charge in [-0.2, -0.15) is 0 Å². The van der Waals surface area contributed by atoms with Crippen molar-refractivity contribution in [1.29, 1.82) is 0 Å². The maximum atomic E-state index is 8.72. The van der Waals surface area contributed by atoms with Crippen LogP contribution < -0.4 is 10.5 Å².